The van der Waals surface area contributed by atoms with E-state index in [0.717, 1.165) is 12.0 Å². The number of anilines is 1. The molecule has 152 valence electrons. The van der Waals surface area contributed by atoms with Gasteiger partial charge in [0.05, 0.1) is 19.8 Å². The topological polar surface area (TPSA) is 78.1 Å². The zero-order valence-corrected chi connectivity index (χ0v) is 17.0. The van der Waals surface area contributed by atoms with Crippen molar-refractivity contribution in [3.8, 4) is 17.2 Å². The van der Waals surface area contributed by atoms with Gasteiger partial charge in [-0.15, -0.1) is 37.1 Å². The average Bonchev–Trinajstić information content (AvgIpc) is 2.85. The average molecular weight is 509 g/mol. The summed E-state index contributed by atoms with van der Waals surface area (Å²) in [6, 6.07) is 10.7. The van der Waals surface area contributed by atoms with E-state index in [4.69, 9.17) is 15.2 Å². The summed E-state index contributed by atoms with van der Waals surface area (Å²) in [5.74, 6) is 1.20. The zero-order chi connectivity index (χ0) is 19.3. The Morgan fingerprint density at radius 2 is 1.75 bits per heavy atom. The summed E-state index contributed by atoms with van der Waals surface area (Å²) in [5, 5.41) is 2.81. The Kier molecular flexibility index (Phi) is 7.61. The van der Waals surface area contributed by atoms with Crippen LogP contribution >= 0.6 is 24.0 Å². The molecule has 0 fully saturated rings. The van der Waals surface area contributed by atoms with Crippen molar-refractivity contribution in [3.05, 3.63) is 48.0 Å². The molecule has 0 atom stereocenters. The maximum Gasteiger partial charge on any atom is 0.573 e. The lowest BCUT2D eigenvalue weighted by atomic mass is 10.2. The molecule has 0 aliphatic carbocycles. The second-order valence-electron chi connectivity index (χ2n) is 5.73. The van der Waals surface area contributed by atoms with Crippen LogP contribution in [0, 0.1) is 0 Å². The molecule has 0 saturated carbocycles. The van der Waals surface area contributed by atoms with Crippen molar-refractivity contribution < 1.29 is 27.4 Å². The van der Waals surface area contributed by atoms with Crippen LogP contribution in [0.2, 0.25) is 0 Å². The first-order valence-electron chi connectivity index (χ1n) is 8.20. The van der Waals surface area contributed by atoms with Gasteiger partial charge in [0.1, 0.15) is 5.75 Å². The molecule has 2 aromatic rings. The van der Waals surface area contributed by atoms with Gasteiger partial charge in [0.15, 0.2) is 17.5 Å². The number of hydrogen-bond acceptors (Lipinski definition) is 4. The highest BCUT2D eigenvalue weighted by atomic mass is 127. The molecule has 1 aliphatic heterocycles. The predicted octanol–water partition coefficient (Wildman–Crippen LogP) is 4.29. The van der Waals surface area contributed by atoms with E-state index in [9.17, 15) is 13.2 Å². The number of hydrogen-bond donors (Lipinski definition) is 2. The lowest BCUT2D eigenvalue weighted by Gasteiger charge is -2.10. The van der Waals surface area contributed by atoms with Gasteiger partial charge in [-0.2, -0.15) is 0 Å². The molecule has 0 saturated heterocycles. The van der Waals surface area contributed by atoms with Crippen LogP contribution in [0.5, 0.6) is 17.2 Å². The molecule has 10 heteroatoms. The van der Waals surface area contributed by atoms with Gasteiger partial charge in [0.25, 0.3) is 0 Å². The van der Waals surface area contributed by atoms with Gasteiger partial charge in [-0.3, -0.25) is 0 Å². The maximum atomic E-state index is 12.1. The molecule has 0 amide bonds. The van der Waals surface area contributed by atoms with E-state index < -0.39 is 6.36 Å². The summed E-state index contributed by atoms with van der Waals surface area (Å²) in [6.45, 7) is 1.52. The third-order valence-electron chi connectivity index (χ3n) is 3.60. The normalized spacial score (nSPS) is 13.9. The van der Waals surface area contributed by atoms with Gasteiger partial charge in [0, 0.05) is 12.1 Å². The molecule has 0 spiro atoms. The van der Waals surface area contributed by atoms with Gasteiger partial charge >= 0.3 is 6.36 Å². The van der Waals surface area contributed by atoms with Crippen molar-refractivity contribution in [1.82, 2.24) is 0 Å². The van der Waals surface area contributed by atoms with Crippen LogP contribution in [0.4, 0.5) is 18.9 Å². The fourth-order valence-electron chi connectivity index (χ4n) is 2.41. The van der Waals surface area contributed by atoms with Crippen LogP contribution in [-0.4, -0.2) is 25.5 Å². The number of alkyl halides is 3. The fourth-order valence-corrected chi connectivity index (χ4v) is 2.41. The number of nitrogens with zero attached hydrogens (tertiary/aromatic N) is 1. The number of fused-ring (bicyclic) bond motifs is 1. The summed E-state index contributed by atoms with van der Waals surface area (Å²) in [6.07, 6.45) is -3.90. The molecule has 0 unspecified atom stereocenters. The quantitative estimate of drug-likeness (QED) is 0.366. The van der Waals surface area contributed by atoms with Gasteiger partial charge in [-0.25, -0.2) is 4.99 Å². The second-order valence-corrected chi connectivity index (χ2v) is 5.73. The molecule has 1 aliphatic rings. The Labute approximate surface area is 176 Å². The van der Waals surface area contributed by atoms with E-state index in [2.05, 4.69) is 15.0 Å². The molecule has 0 radical (unpaired) electrons. The minimum atomic E-state index is -4.72. The van der Waals surface area contributed by atoms with E-state index in [1.807, 2.05) is 18.2 Å². The van der Waals surface area contributed by atoms with E-state index in [-0.39, 0.29) is 35.7 Å². The summed E-state index contributed by atoms with van der Waals surface area (Å²) in [5.41, 5.74) is 7.21. The number of benzene rings is 2. The Morgan fingerprint density at radius 3 is 2.43 bits per heavy atom. The highest BCUT2D eigenvalue weighted by molar-refractivity contribution is 14.0. The number of nitrogens with one attached hydrogen (secondary N) is 1. The first-order valence-corrected chi connectivity index (χ1v) is 8.20. The standard InChI is InChI=1S/C18H18F3N3O3.HI/c19-18(20,21)27-14-5-3-13(4-6-14)24-17(22)23-11-12-2-7-15-16(10-12)26-9-1-8-25-15;/h2-7,10H,1,8-9,11H2,(H3,22,23,24);1H. The smallest absolute Gasteiger partial charge is 0.490 e. The van der Waals surface area contributed by atoms with Gasteiger partial charge in [-0.1, -0.05) is 6.07 Å². The molecule has 2 aromatic carbocycles. The van der Waals surface area contributed by atoms with Crippen LogP contribution in [0.15, 0.2) is 47.5 Å². The predicted molar refractivity (Wildman–Crippen MR) is 110 cm³/mol. The Hall–Kier alpha value is -2.37. The van der Waals surface area contributed by atoms with E-state index in [0.29, 0.717) is 36.9 Å². The molecule has 3 N–H and O–H groups in total. The third-order valence-corrected chi connectivity index (χ3v) is 3.60. The third kappa shape index (κ3) is 6.66. The van der Waals surface area contributed by atoms with Crippen LogP contribution in [0.1, 0.15) is 12.0 Å². The number of halogens is 4. The highest BCUT2D eigenvalue weighted by Crippen LogP contribution is 2.30. The van der Waals surface area contributed by atoms with Crippen molar-refractivity contribution >= 4 is 35.6 Å². The minimum Gasteiger partial charge on any atom is -0.490 e. The zero-order valence-electron chi connectivity index (χ0n) is 14.7. The molecule has 28 heavy (non-hydrogen) atoms. The van der Waals surface area contributed by atoms with Crippen LogP contribution in [0.25, 0.3) is 0 Å². The number of nitrogens with two attached hydrogens (primary N) is 1. The maximum absolute atomic E-state index is 12.1. The Balaban J connectivity index is 0.00000280. The van der Waals surface area contributed by atoms with Crippen molar-refractivity contribution in [2.45, 2.75) is 19.3 Å². The monoisotopic (exact) mass is 509 g/mol. The van der Waals surface area contributed by atoms with Crippen molar-refractivity contribution in [2.24, 2.45) is 10.7 Å². The van der Waals surface area contributed by atoms with Crippen molar-refractivity contribution in [1.29, 1.82) is 0 Å². The SMILES string of the molecule is I.NC(=NCc1ccc2c(c1)OCCCO2)Nc1ccc(OC(F)(F)F)cc1. The molecular weight excluding hydrogens is 490 g/mol. The number of rotatable bonds is 4. The van der Waals surface area contributed by atoms with Crippen LogP contribution < -0.4 is 25.3 Å². The lowest BCUT2D eigenvalue weighted by Crippen LogP contribution is -2.22. The molecule has 6 nitrogen and oxygen atoms in total. The summed E-state index contributed by atoms with van der Waals surface area (Å²) in [4.78, 5) is 4.22. The summed E-state index contributed by atoms with van der Waals surface area (Å²) >= 11 is 0. The second kappa shape index (κ2) is 9.71. The van der Waals surface area contributed by atoms with Crippen LogP contribution in [-0.2, 0) is 6.54 Å². The fraction of sp³-hybridized carbons (Fsp3) is 0.278. The molecule has 0 aromatic heterocycles. The molecule has 1 heterocycles. The Morgan fingerprint density at radius 1 is 1.07 bits per heavy atom. The van der Waals surface area contributed by atoms with Gasteiger partial charge in [0.2, 0.25) is 0 Å². The van der Waals surface area contributed by atoms with Gasteiger partial charge in [-0.05, 0) is 42.0 Å². The Bertz CT molecular complexity index is 814. The van der Waals surface area contributed by atoms with Crippen molar-refractivity contribution in [2.75, 3.05) is 18.5 Å². The van der Waals surface area contributed by atoms with Crippen LogP contribution in [0.3, 0.4) is 0 Å². The van der Waals surface area contributed by atoms with E-state index in [1.165, 1.54) is 24.3 Å². The lowest BCUT2D eigenvalue weighted by molar-refractivity contribution is -0.274. The van der Waals surface area contributed by atoms with Gasteiger partial charge < -0.3 is 25.3 Å². The highest BCUT2D eigenvalue weighted by Gasteiger charge is 2.30. The van der Waals surface area contributed by atoms with E-state index in [1.54, 1.807) is 0 Å². The first-order chi connectivity index (χ1) is 12.9. The number of aliphatic imine (C=N–C) groups is 1. The molecular formula is C18H19F3IN3O3. The molecule has 3 rings (SSSR count). The summed E-state index contributed by atoms with van der Waals surface area (Å²) in [7, 11) is 0. The number of guanidine groups is 1. The number of ether oxygens (including phenoxy) is 3. The molecule has 0 bridgehead atoms. The minimum absolute atomic E-state index is 0. The first kappa shape index (κ1) is 21.9. The summed E-state index contributed by atoms with van der Waals surface area (Å²) < 4.78 is 51.4. The van der Waals surface area contributed by atoms with Crippen molar-refractivity contribution in [3.63, 3.8) is 0 Å². The van der Waals surface area contributed by atoms with E-state index >= 15 is 0 Å². The largest absolute Gasteiger partial charge is 0.573 e.